The number of aromatic nitrogens is 2. The third-order valence-corrected chi connectivity index (χ3v) is 4.01. The molecule has 1 aliphatic rings. The summed E-state index contributed by atoms with van der Waals surface area (Å²) in [6, 6.07) is 13.5. The molecule has 0 saturated heterocycles. The molecule has 7 nitrogen and oxygen atoms in total. The molecule has 1 amide bonds. The summed E-state index contributed by atoms with van der Waals surface area (Å²) < 4.78 is 5.37. The van der Waals surface area contributed by atoms with Crippen LogP contribution in [0.3, 0.4) is 0 Å². The van der Waals surface area contributed by atoms with Crippen LogP contribution >= 0.6 is 0 Å². The number of benzene rings is 1. The molecule has 2 heterocycles. The first kappa shape index (κ1) is 16.6. The number of carbonyl (C=O) groups is 3. The van der Waals surface area contributed by atoms with Crippen LogP contribution in [0.4, 0.5) is 5.69 Å². The topological polar surface area (TPSA) is 98.2 Å². The summed E-state index contributed by atoms with van der Waals surface area (Å²) in [5, 5.41) is 2.61. The van der Waals surface area contributed by atoms with Gasteiger partial charge in [-0.15, -0.1) is 0 Å². The number of nitrogens with zero attached hydrogens (tertiary/aromatic N) is 2. The number of hydrogen-bond acceptors (Lipinski definition) is 6. The minimum absolute atomic E-state index is 0.118. The first-order valence-corrected chi connectivity index (χ1v) is 8.15. The zero-order valence-corrected chi connectivity index (χ0v) is 14.0. The lowest BCUT2D eigenvalue weighted by atomic mass is 9.90. The largest absolute Gasteiger partial charge is 0.484 e. The van der Waals surface area contributed by atoms with Gasteiger partial charge in [0.15, 0.2) is 6.61 Å². The molecule has 27 heavy (non-hydrogen) atoms. The molecule has 1 aromatic carbocycles. The van der Waals surface area contributed by atoms with E-state index < -0.39 is 17.5 Å². The normalized spacial score (nSPS) is 12.1. The average molecular weight is 359 g/mol. The van der Waals surface area contributed by atoms with E-state index in [9.17, 15) is 14.4 Å². The molecular formula is C20H13N3O4. The Morgan fingerprint density at radius 3 is 2.48 bits per heavy atom. The number of rotatable bonds is 4. The molecule has 2 aromatic heterocycles. The van der Waals surface area contributed by atoms with Gasteiger partial charge in [0.25, 0.3) is 5.91 Å². The van der Waals surface area contributed by atoms with Crippen LogP contribution < -0.4 is 10.1 Å². The van der Waals surface area contributed by atoms with Gasteiger partial charge in [-0.2, -0.15) is 0 Å². The van der Waals surface area contributed by atoms with E-state index in [1.807, 2.05) is 6.07 Å². The smallest absolute Gasteiger partial charge is 0.262 e. The van der Waals surface area contributed by atoms with Crippen molar-refractivity contribution in [3.8, 4) is 17.1 Å². The summed E-state index contributed by atoms with van der Waals surface area (Å²) in [5.74, 6) is -1.15. The van der Waals surface area contributed by atoms with E-state index in [4.69, 9.17) is 4.74 Å². The Hall–Kier alpha value is -3.87. The Morgan fingerprint density at radius 1 is 0.926 bits per heavy atom. The molecule has 1 N–H and O–H groups in total. The number of ketones is 2. The highest BCUT2D eigenvalue weighted by molar-refractivity contribution is 6.52. The van der Waals surface area contributed by atoms with E-state index in [0.717, 1.165) is 0 Å². The van der Waals surface area contributed by atoms with Gasteiger partial charge >= 0.3 is 0 Å². The van der Waals surface area contributed by atoms with Crippen molar-refractivity contribution in [3.63, 3.8) is 0 Å². The number of fused-ring (bicyclic) bond motifs is 3. The number of anilines is 1. The molecule has 0 bridgehead atoms. The zero-order valence-electron chi connectivity index (χ0n) is 14.0. The Bertz CT molecular complexity index is 1060. The maximum Gasteiger partial charge on any atom is 0.262 e. The van der Waals surface area contributed by atoms with Gasteiger partial charge in [-0.3, -0.25) is 24.4 Å². The first-order valence-electron chi connectivity index (χ1n) is 8.15. The molecule has 0 radical (unpaired) electrons. The summed E-state index contributed by atoms with van der Waals surface area (Å²) in [6.45, 7) is -0.196. The molecule has 1 aliphatic carbocycles. The van der Waals surface area contributed by atoms with E-state index in [1.54, 1.807) is 36.4 Å². The van der Waals surface area contributed by atoms with Crippen molar-refractivity contribution in [3.05, 3.63) is 72.1 Å². The van der Waals surface area contributed by atoms with Crippen molar-refractivity contribution in [2.45, 2.75) is 0 Å². The average Bonchev–Trinajstić information content (AvgIpc) is 2.71. The van der Waals surface area contributed by atoms with Crippen molar-refractivity contribution in [2.24, 2.45) is 0 Å². The summed E-state index contributed by atoms with van der Waals surface area (Å²) >= 11 is 0. The highest BCUT2D eigenvalue weighted by atomic mass is 16.5. The number of hydrogen-bond donors (Lipinski definition) is 1. The Labute approximate surface area is 154 Å². The van der Waals surface area contributed by atoms with Crippen molar-refractivity contribution in [1.29, 1.82) is 0 Å². The molecule has 0 atom stereocenters. The number of pyridine rings is 2. The SMILES string of the molecule is O=C(COc1ccccc1)Nc1cnc2c(c1)C(=O)C(=O)c1cccnc1-2. The fourth-order valence-electron chi connectivity index (χ4n) is 2.78. The van der Waals surface area contributed by atoms with Crippen molar-refractivity contribution >= 4 is 23.2 Å². The molecule has 7 heteroatoms. The van der Waals surface area contributed by atoms with Gasteiger partial charge in [0.2, 0.25) is 11.6 Å². The molecule has 0 aliphatic heterocycles. The van der Waals surface area contributed by atoms with Crippen LogP contribution in [0.1, 0.15) is 20.7 Å². The quantitative estimate of drug-likeness (QED) is 0.719. The second-order valence-electron chi connectivity index (χ2n) is 5.83. The molecule has 3 aromatic rings. The van der Waals surface area contributed by atoms with E-state index in [1.165, 1.54) is 18.5 Å². The predicted octanol–water partition coefficient (Wildman–Crippen LogP) is 2.54. The summed E-state index contributed by atoms with van der Waals surface area (Å²) in [4.78, 5) is 45.1. The minimum Gasteiger partial charge on any atom is -0.484 e. The second kappa shape index (κ2) is 6.80. The maximum atomic E-state index is 12.4. The third kappa shape index (κ3) is 3.18. The van der Waals surface area contributed by atoms with Crippen LogP contribution in [0.5, 0.6) is 5.75 Å². The number of nitrogens with one attached hydrogen (secondary N) is 1. The Morgan fingerprint density at radius 2 is 1.67 bits per heavy atom. The van der Waals surface area contributed by atoms with Crippen molar-refractivity contribution < 1.29 is 19.1 Å². The third-order valence-electron chi connectivity index (χ3n) is 4.01. The lowest BCUT2D eigenvalue weighted by Gasteiger charge is -2.16. The molecule has 132 valence electrons. The fraction of sp³-hybridized carbons (Fsp3) is 0.0500. The second-order valence-corrected chi connectivity index (χ2v) is 5.83. The van der Waals surface area contributed by atoms with Gasteiger partial charge in [-0.05, 0) is 30.3 Å². The van der Waals surface area contributed by atoms with Crippen LogP contribution in [-0.2, 0) is 4.79 Å². The number of carbonyl (C=O) groups excluding carboxylic acids is 3. The number of amides is 1. The van der Waals surface area contributed by atoms with E-state index in [2.05, 4.69) is 15.3 Å². The molecule has 0 unspecified atom stereocenters. The minimum atomic E-state index is -0.672. The van der Waals surface area contributed by atoms with Gasteiger partial charge in [-0.1, -0.05) is 18.2 Å². The van der Waals surface area contributed by atoms with E-state index in [0.29, 0.717) is 22.8 Å². The monoisotopic (exact) mass is 359 g/mol. The number of para-hydroxylation sites is 1. The molecule has 4 rings (SSSR count). The molecule has 0 spiro atoms. The van der Waals surface area contributed by atoms with E-state index in [-0.39, 0.29) is 17.7 Å². The summed E-state index contributed by atoms with van der Waals surface area (Å²) in [5.41, 5.74) is 1.34. The molecular weight excluding hydrogens is 346 g/mol. The predicted molar refractivity (Wildman–Crippen MR) is 96.7 cm³/mol. The Balaban J connectivity index is 1.54. The molecule has 0 fully saturated rings. The van der Waals surface area contributed by atoms with Gasteiger partial charge in [0.1, 0.15) is 17.1 Å². The van der Waals surface area contributed by atoms with Crippen LogP contribution in [0.2, 0.25) is 0 Å². The Kier molecular flexibility index (Phi) is 4.18. The number of Topliss-reactive ketones (excluding diaryl/α,β-unsaturated/α-hetero) is 2. The van der Waals surface area contributed by atoms with Gasteiger partial charge < -0.3 is 10.1 Å². The van der Waals surface area contributed by atoms with Gasteiger partial charge in [-0.25, -0.2) is 0 Å². The standard InChI is InChI=1S/C20H13N3O4/c24-16(11-27-13-5-2-1-3-6-13)23-12-9-15-18(22-10-12)17-14(7-4-8-21-17)19(25)20(15)26/h1-10H,11H2,(H,23,24). The maximum absolute atomic E-state index is 12.4. The van der Waals surface area contributed by atoms with Crippen molar-refractivity contribution in [2.75, 3.05) is 11.9 Å². The van der Waals surface area contributed by atoms with Crippen LogP contribution in [0.25, 0.3) is 11.4 Å². The van der Waals surface area contributed by atoms with Gasteiger partial charge in [0, 0.05) is 6.20 Å². The lowest BCUT2D eigenvalue weighted by Crippen LogP contribution is -2.24. The zero-order chi connectivity index (χ0) is 18.8. The highest BCUT2D eigenvalue weighted by Gasteiger charge is 2.32. The number of ether oxygens (including phenoxy) is 1. The highest BCUT2D eigenvalue weighted by Crippen LogP contribution is 2.31. The lowest BCUT2D eigenvalue weighted by molar-refractivity contribution is -0.118. The fourth-order valence-corrected chi connectivity index (χ4v) is 2.78. The van der Waals surface area contributed by atoms with Crippen LogP contribution in [0, 0.1) is 0 Å². The molecule has 0 saturated carbocycles. The van der Waals surface area contributed by atoms with Gasteiger partial charge in [0.05, 0.1) is 23.0 Å². The van der Waals surface area contributed by atoms with E-state index >= 15 is 0 Å². The van der Waals surface area contributed by atoms with Crippen LogP contribution in [-0.4, -0.2) is 34.0 Å². The summed E-state index contributed by atoms with van der Waals surface area (Å²) in [7, 11) is 0. The van der Waals surface area contributed by atoms with Crippen molar-refractivity contribution in [1.82, 2.24) is 9.97 Å². The summed E-state index contributed by atoms with van der Waals surface area (Å²) in [6.07, 6.45) is 2.95. The first-order chi connectivity index (χ1) is 13.1. The van der Waals surface area contributed by atoms with Crippen LogP contribution in [0.15, 0.2) is 60.9 Å².